The van der Waals surface area contributed by atoms with E-state index >= 15 is 0 Å². The van der Waals surface area contributed by atoms with Gasteiger partial charge in [0, 0.05) is 48.3 Å². The van der Waals surface area contributed by atoms with Crippen LogP contribution >= 0.6 is 23.5 Å². The lowest BCUT2D eigenvalue weighted by molar-refractivity contribution is -0.134. The Labute approximate surface area is 274 Å². The zero-order valence-corrected chi connectivity index (χ0v) is 27.8. The van der Waals surface area contributed by atoms with Gasteiger partial charge in [0.05, 0.1) is 6.61 Å². The normalized spacial score (nSPS) is 12.3. The predicted octanol–water partition coefficient (Wildman–Crippen LogP) is 9.92. The largest absolute Gasteiger partial charge is 0.493 e. The monoisotopic (exact) mass is 638 g/mol. The van der Waals surface area contributed by atoms with Crippen molar-refractivity contribution >= 4 is 41.1 Å². The number of hydrogen-bond donors (Lipinski definition) is 0. The van der Waals surface area contributed by atoms with Gasteiger partial charge in [-0.15, -0.1) is 0 Å². The van der Waals surface area contributed by atoms with Crippen molar-refractivity contribution < 1.29 is 23.9 Å². The summed E-state index contributed by atoms with van der Waals surface area (Å²) in [5.41, 5.74) is 1.69. The van der Waals surface area contributed by atoms with E-state index in [0.717, 1.165) is 39.7 Å². The fourth-order valence-corrected chi connectivity index (χ4v) is 7.06. The highest BCUT2D eigenvalue weighted by atomic mass is 32.2. The van der Waals surface area contributed by atoms with Crippen LogP contribution in [0.3, 0.4) is 0 Å². The van der Waals surface area contributed by atoms with E-state index in [-0.39, 0.29) is 17.5 Å². The topological polar surface area (TPSA) is 69.7 Å². The molecule has 0 aromatic heterocycles. The van der Waals surface area contributed by atoms with Gasteiger partial charge in [-0.1, -0.05) is 88.3 Å². The fourth-order valence-electron chi connectivity index (χ4n) is 5.11. The molecule has 0 bridgehead atoms. The lowest BCUT2D eigenvalue weighted by Gasteiger charge is -2.22. The van der Waals surface area contributed by atoms with Gasteiger partial charge in [-0.2, -0.15) is 0 Å². The minimum atomic E-state index is -0.250. The van der Waals surface area contributed by atoms with Gasteiger partial charge >= 0.3 is 5.97 Å². The molecule has 0 N–H and O–H groups in total. The van der Waals surface area contributed by atoms with Crippen LogP contribution in [0.5, 0.6) is 11.5 Å². The van der Waals surface area contributed by atoms with E-state index in [1.807, 2.05) is 60.7 Å². The Hall–Kier alpha value is -3.81. The Balaban J connectivity index is 1.32. The van der Waals surface area contributed by atoms with Crippen LogP contribution in [-0.2, 0) is 4.79 Å². The van der Waals surface area contributed by atoms with Crippen molar-refractivity contribution in [1.82, 2.24) is 0 Å². The summed E-state index contributed by atoms with van der Waals surface area (Å²) in [4.78, 5) is 43.3. The van der Waals surface area contributed by atoms with Crippen LogP contribution < -0.4 is 9.47 Å². The molecular weight excluding hydrogens is 601 g/mol. The molecule has 0 atom stereocenters. The van der Waals surface area contributed by atoms with Gasteiger partial charge in [0.25, 0.3) is 0 Å². The molecule has 4 aromatic rings. The van der Waals surface area contributed by atoms with E-state index < -0.39 is 0 Å². The summed E-state index contributed by atoms with van der Waals surface area (Å²) >= 11 is 2.88. The van der Waals surface area contributed by atoms with E-state index in [2.05, 4.69) is 27.7 Å². The minimum Gasteiger partial charge on any atom is -0.493 e. The van der Waals surface area contributed by atoms with Crippen LogP contribution in [-0.4, -0.2) is 24.1 Å². The lowest BCUT2D eigenvalue weighted by Crippen LogP contribution is -2.22. The summed E-state index contributed by atoms with van der Waals surface area (Å²) in [5, 5.41) is 0. The Bertz CT molecular complexity index is 1670. The van der Waals surface area contributed by atoms with E-state index in [1.54, 1.807) is 24.3 Å². The number of carbonyl (C=O) groups excluding carboxylic acids is 3. The van der Waals surface area contributed by atoms with Crippen LogP contribution in [0, 0.1) is 11.8 Å². The van der Waals surface area contributed by atoms with Gasteiger partial charge in [-0.3, -0.25) is 14.4 Å². The quantitative estimate of drug-likeness (QED) is 0.0939. The first-order valence-electron chi connectivity index (χ1n) is 15.5. The summed E-state index contributed by atoms with van der Waals surface area (Å²) in [6, 6.07) is 26.0. The maximum atomic E-state index is 13.9. The highest BCUT2D eigenvalue weighted by Gasteiger charge is 2.33. The minimum absolute atomic E-state index is 0.154. The van der Waals surface area contributed by atoms with E-state index in [9.17, 15) is 14.4 Å². The molecule has 4 aromatic carbocycles. The molecule has 1 aliphatic rings. The summed E-state index contributed by atoms with van der Waals surface area (Å²) in [5.74, 6) is 1.71. The van der Waals surface area contributed by atoms with Gasteiger partial charge in [0.15, 0.2) is 11.6 Å². The van der Waals surface area contributed by atoms with Crippen molar-refractivity contribution in [2.24, 2.45) is 11.8 Å². The summed E-state index contributed by atoms with van der Waals surface area (Å²) in [6.07, 6.45) is 3.33. The van der Waals surface area contributed by atoms with Gasteiger partial charge in [-0.25, -0.2) is 0 Å². The number of esters is 1. The van der Waals surface area contributed by atoms with Gasteiger partial charge in [0.2, 0.25) is 0 Å². The predicted molar refractivity (Wildman–Crippen MR) is 180 cm³/mol. The van der Waals surface area contributed by atoms with Crippen molar-refractivity contribution in [2.45, 2.75) is 73.0 Å². The number of benzene rings is 4. The van der Waals surface area contributed by atoms with Crippen LogP contribution in [0.1, 0.15) is 85.2 Å². The lowest BCUT2D eigenvalue weighted by atomic mass is 9.84. The van der Waals surface area contributed by atoms with Gasteiger partial charge in [-0.05, 0) is 78.9 Å². The number of carbonyl (C=O) groups is 3. The molecule has 0 saturated carbocycles. The summed E-state index contributed by atoms with van der Waals surface area (Å²) in [7, 11) is 0. The highest BCUT2D eigenvalue weighted by Crippen LogP contribution is 2.41. The Morgan fingerprint density at radius 3 is 1.64 bits per heavy atom. The second-order valence-electron chi connectivity index (χ2n) is 11.6. The number of fused-ring (bicyclic) bond motifs is 2. The molecule has 7 heteroatoms. The molecule has 0 heterocycles. The van der Waals surface area contributed by atoms with Crippen molar-refractivity contribution in [2.75, 3.05) is 6.61 Å². The molecule has 0 unspecified atom stereocenters. The third-order valence-electron chi connectivity index (χ3n) is 7.90. The fraction of sp³-hybridized carbons (Fsp3) is 0.289. The average molecular weight is 639 g/mol. The maximum absolute atomic E-state index is 13.9. The number of hydrogen-bond acceptors (Lipinski definition) is 7. The molecule has 0 saturated heterocycles. The van der Waals surface area contributed by atoms with Crippen LogP contribution in [0.4, 0.5) is 0 Å². The Morgan fingerprint density at radius 2 is 1.18 bits per heavy atom. The van der Waals surface area contributed by atoms with Crippen LogP contribution in [0.2, 0.25) is 0 Å². The zero-order valence-electron chi connectivity index (χ0n) is 26.1. The van der Waals surface area contributed by atoms with E-state index in [1.165, 1.54) is 23.5 Å². The first kappa shape index (κ1) is 32.6. The molecule has 5 nitrogen and oxygen atoms in total. The molecular formula is C38H38O5S2. The van der Waals surface area contributed by atoms with Crippen molar-refractivity contribution in [1.29, 1.82) is 0 Å². The van der Waals surface area contributed by atoms with Gasteiger partial charge < -0.3 is 9.47 Å². The molecule has 45 heavy (non-hydrogen) atoms. The maximum Gasteiger partial charge on any atom is 0.311 e. The first-order valence-corrected chi connectivity index (χ1v) is 17.1. The van der Waals surface area contributed by atoms with E-state index in [4.69, 9.17) is 9.47 Å². The number of ketones is 2. The molecule has 0 spiro atoms. The number of ether oxygens (including phenoxy) is 2. The summed E-state index contributed by atoms with van der Waals surface area (Å²) in [6.45, 7) is 9.20. The second-order valence-corrected chi connectivity index (χ2v) is 13.8. The van der Waals surface area contributed by atoms with Crippen LogP contribution in [0.15, 0.2) is 105 Å². The second kappa shape index (κ2) is 15.0. The van der Waals surface area contributed by atoms with Gasteiger partial charge in [0.1, 0.15) is 11.5 Å². The SMILES string of the molecule is CCC(CC)COc1ccc(Sc2cccc3c2C(=O)c2cccc(Sc4ccc(OC(=O)CCC(C)C)cc4)c2C3=O)cc1. The third-order valence-corrected chi connectivity index (χ3v) is 10.0. The van der Waals surface area contributed by atoms with Crippen LogP contribution in [0.25, 0.3) is 0 Å². The molecule has 0 aliphatic heterocycles. The molecule has 0 amide bonds. The highest BCUT2D eigenvalue weighted by molar-refractivity contribution is 7.99. The summed E-state index contributed by atoms with van der Waals surface area (Å²) < 4.78 is 11.4. The Kier molecular flexibility index (Phi) is 10.8. The zero-order chi connectivity index (χ0) is 31.9. The molecule has 1 aliphatic carbocycles. The third kappa shape index (κ3) is 7.89. The first-order chi connectivity index (χ1) is 21.8. The average Bonchev–Trinajstić information content (AvgIpc) is 3.04. The van der Waals surface area contributed by atoms with Crippen molar-refractivity contribution in [3.63, 3.8) is 0 Å². The standard InChI is InChI=1S/C38H38O5S2/c1-5-25(6-2)23-42-26-14-18-28(19-15-26)44-32-11-7-9-30-35(32)37(40)31-10-8-12-33(36(31)38(30)41)45-29-20-16-27(17-21-29)43-34(39)22-13-24(3)4/h7-12,14-21,24-25H,5-6,13,22-23H2,1-4H3. The molecule has 5 rings (SSSR count). The molecule has 232 valence electrons. The van der Waals surface area contributed by atoms with Crippen molar-refractivity contribution in [3.8, 4) is 11.5 Å². The number of rotatable bonds is 13. The molecule has 0 fully saturated rings. The Morgan fingerprint density at radius 1 is 0.689 bits per heavy atom. The van der Waals surface area contributed by atoms with Crippen molar-refractivity contribution in [3.05, 3.63) is 107 Å². The van der Waals surface area contributed by atoms with E-state index in [0.29, 0.717) is 57.8 Å². The smallest absolute Gasteiger partial charge is 0.311 e. The molecule has 0 radical (unpaired) electrons.